The molecule has 3 aromatic heterocycles. The standard InChI is InChI=1S/C28H26ClN5O2/c1-3-22-25-15-23(27(35)31-21-16-30-33(4-2)17-21)24(29)18-34(25)32-26(22)28(36,19-11-7-5-8-12-19)20-13-9-6-10-14-20/h5-18,36H,3-4H2,1-2H3,(H,31,35). The molecule has 0 aliphatic heterocycles. The number of pyridine rings is 1. The van der Waals surface area contributed by atoms with Gasteiger partial charge in [0.05, 0.1) is 28.0 Å². The first-order valence-electron chi connectivity index (χ1n) is 11.8. The van der Waals surface area contributed by atoms with Crippen molar-refractivity contribution in [1.82, 2.24) is 19.4 Å². The molecule has 5 aromatic rings. The summed E-state index contributed by atoms with van der Waals surface area (Å²) in [4.78, 5) is 13.1. The van der Waals surface area contributed by atoms with Crippen molar-refractivity contribution in [1.29, 1.82) is 0 Å². The highest BCUT2D eigenvalue weighted by molar-refractivity contribution is 6.34. The topological polar surface area (TPSA) is 84.4 Å². The van der Waals surface area contributed by atoms with Crippen molar-refractivity contribution < 1.29 is 9.90 Å². The first-order chi connectivity index (χ1) is 17.5. The van der Waals surface area contributed by atoms with Crippen molar-refractivity contribution in [2.24, 2.45) is 0 Å². The first-order valence-corrected chi connectivity index (χ1v) is 12.2. The number of amides is 1. The zero-order valence-electron chi connectivity index (χ0n) is 20.0. The number of benzene rings is 2. The van der Waals surface area contributed by atoms with Crippen LogP contribution < -0.4 is 5.32 Å². The van der Waals surface area contributed by atoms with E-state index in [0.29, 0.717) is 46.6 Å². The summed E-state index contributed by atoms with van der Waals surface area (Å²) >= 11 is 6.54. The van der Waals surface area contributed by atoms with Crippen molar-refractivity contribution in [3.8, 4) is 0 Å². The van der Waals surface area contributed by atoms with E-state index in [1.165, 1.54) is 0 Å². The van der Waals surface area contributed by atoms with E-state index in [4.69, 9.17) is 16.7 Å². The van der Waals surface area contributed by atoms with Crippen LogP contribution in [-0.2, 0) is 18.6 Å². The van der Waals surface area contributed by atoms with Crippen LogP contribution >= 0.6 is 11.6 Å². The van der Waals surface area contributed by atoms with Crippen LogP contribution in [0, 0.1) is 0 Å². The maximum Gasteiger partial charge on any atom is 0.257 e. The SMILES string of the molecule is CCc1c(C(O)(c2ccccc2)c2ccccc2)nn2cc(Cl)c(C(=O)Nc3cnn(CC)c3)cc12. The fraction of sp³-hybridized carbons (Fsp3) is 0.179. The summed E-state index contributed by atoms with van der Waals surface area (Å²) < 4.78 is 3.37. The third kappa shape index (κ3) is 4.06. The number of aliphatic hydroxyl groups is 1. The van der Waals surface area contributed by atoms with Gasteiger partial charge in [-0.3, -0.25) is 9.48 Å². The molecule has 3 heterocycles. The molecule has 0 radical (unpaired) electrons. The van der Waals surface area contributed by atoms with Gasteiger partial charge < -0.3 is 10.4 Å². The summed E-state index contributed by atoms with van der Waals surface area (Å²) in [6.45, 7) is 4.68. The molecule has 0 saturated heterocycles. The number of aromatic nitrogens is 4. The van der Waals surface area contributed by atoms with Crippen LogP contribution in [0.15, 0.2) is 85.3 Å². The molecule has 0 saturated carbocycles. The number of hydrogen-bond acceptors (Lipinski definition) is 4. The molecule has 0 unspecified atom stereocenters. The number of halogens is 1. The average molecular weight is 500 g/mol. The van der Waals surface area contributed by atoms with Gasteiger partial charge in [-0.1, -0.05) is 79.2 Å². The highest BCUT2D eigenvalue weighted by atomic mass is 35.5. The van der Waals surface area contributed by atoms with Crippen molar-refractivity contribution >= 4 is 28.7 Å². The van der Waals surface area contributed by atoms with Crippen molar-refractivity contribution in [2.45, 2.75) is 32.4 Å². The summed E-state index contributed by atoms with van der Waals surface area (Å²) in [6, 6.07) is 20.7. The number of carbonyl (C=O) groups excluding carboxylic acids is 1. The third-order valence-corrected chi connectivity index (χ3v) is 6.66. The summed E-state index contributed by atoms with van der Waals surface area (Å²) in [5.74, 6) is -0.343. The largest absolute Gasteiger partial charge is 0.374 e. The second kappa shape index (κ2) is 9.60. The van der Waals surface area contributed by atoms with E-state index in [0.717, 1.165) is 5.56 Å². The molecular formula is C28H26ClN5O2. The van der Waals surface area contributed by atoms with Gasteiger partial charge in [0.2, 0.25) is 0 Å². The van der Waals surface area contributed by atoms with Crippen molar-refractivity contribution in [3.05, 3.63) is 118 Å². The molecule has 8 heteroatoms. The van der Waals surface area contributed by atoms with Gasteiger partial charge in [0, 0.05) is 24.5 Å². The molecule has 182 valence electrons. The number of aryl methyl sites for hydroxylation is 2. The van der Waals surface area contributed by atoms with Gasteiger partial charge in [-0.2, -0.15) is 10.2 Å². The Balaban J connectivity index is 1.65. The molecular weight excluding hydrogens is 474 g/mol. The minimum Gasteiger partial charge on any atom is -0.374 e. The van der Waals surface area contributed by atoms with Gasteiger partial charge in [0.25, 0.3) is 5.91 Å². The molecule has 7 nitrogen and oxygen atoms in total. The summed E-state index contributed by atoms with van der Waals surface area (Å²) in [6.07, 6.45) is 5.56. The van der Waals surface area contributed by atoms with E-state index in [-0.39, 0.29) is 10.9 Å². The second-order valence-electron chi connectivity index (χ2n) is 8.53. The average Bonchev–Trinajstić information content (AvgIpc) is 3.52. The molecule has 0 aliphatic rings. The summed E-state index contributed by atoms with van der Waals surface area (Å²) in [7, 11) is 0. The maximum absolute atomic E-state index is 13.1. The fourth-order valence-corrected chi connectivity index (χ4v) is 4.76. The van der Waals surface area contributed by atoms with E-state index < -0.39 is 5.60 Å². The predicted molar refractivity (Wildman–Crippen MR) is 140 cm³/mol. The molecule has 0 atom stereocenters. The summed E-state index contributed by atoms with van der Waals surface area (Å²) in [5.41, 5.74) is 2.84. The molecule has 0 spiro atoms. The van der Waals surface area contributed by atoms with Crippen LogP contribution in [0.25, 0.3) is 5.52 Å². The number of fused-ring (bicyclic) bond motifs is 1. The van der Waals surface area contributed by atoms with Crippen molar-refractivity contribution in [3.63, 3.8) is 0 Å². The smallest absolute Gasteiger partial charge is 0.257 e. The van der Waals surface area contributed by atoms with Gasteiger partial charge in [-0.15, -0.1) is 0 Å². The number of rotatable bonds is 7. The molecule has 0 bridgehead atoms. The Morgan fingerprint density at radius 3 is 2.22 bits per heavy atom. The van der Waals surface area contributed by atoms with E-state index in [1.807, 2.05) is 74.5 Å². The van der Waals surface area contributed by atoms with E-state index in [2.05, 4.69) is 10.4 Å². The number of hydrogen-bond donors (Lipinski definition) is 2. The Kier molecular flexibility index (Phi) is 6.35. The van der Waals surface area contributed by atoms with Gasteiger partial charge in [0.1, 0.15) is 5.69 Å². The maximum atomic E-state index is 13.1. The highest BCUT2D eigenvalue weighted by Crippen LogP contribution is 2.39. The molecule has 0 fully saturated rings. The fourth-order valence-electron chi connectivity index (χ4n) is 4.53. The molecule has 1 amide bonds. The monoisotopic (exact) mass is 499 g/mol. The quantitative estimate of drug-likeness (QED) is 0.318. The van der Waals surface area contributed by atoms with E-state index in [9.17, 15) is 9.90 Å². The lowest BCUT2D eigenvalue weighted by Crippen LogP contribution is -2.30. The van der Waals surface area contributed by atoms with Crippen LogP contribution in [0.2, 0.25) is 5.02 Å². The number of anilines is 1. The highest BCUT2D eigenvalue weighted by Gasteiger charge is 2.39. The molecule has 2 N–H and O–H groups in total. The van der Waals surface area contributed by atoms with Gasteiger partial charge in [-0.05, 0) is 30.5 Å². The Bertz CT molecular complexity index is 1490. The predicted octanol–water partition coefficient (Wildman–Crippen LogP) is 5.30. The van der Waals surface area contributed by atoms with Crippen molar-refractivity contribution in [2.75, 3.05) is 5.32 Å². The minimum absolute atomic E-state index is 0.252. The first kappa shape index (κ1) is 23.8. The number of carbonyl (C=O) groups is 1. The van der Waals surface area contributed by atoms with Gasteiger partial charge in [-0.25, -0.2) is 4.52 Å². The number of nitrogens with zero attached hydrogens (tertiary/aromatic N) is 4. The minimum atomic E-state index is -1.50. The van der Waals surface area contributed by atoms with Crippen LogP contribution in [-0.4, -0.2) is 30.4 Å². The zero-order valence-corrected chi connectivity index (χ0v) is 20.8. The Hall–Kier alpha value is -3.94. The number of nitrogens with one attached hydrogen (secondary N) is 1. The Morgan fingerprint density at radius 2 is 1.67 bits per heavy atom. The van der Waals surface area contributed by atoms with Crippen LogP contribution in [0.1, 0.15) is 46.6 Å². The lowest BCUT2D eigenvalue weighted by Gasteiger charge is -2.28. The van der Waals surface area contributed by atoms with Crippen LogP contribution in [0.3, 0.4) is 0 Å². The lowest BCUT2D eigenvalue weighted by molar-refractivity contribution is 0.102. The normalized spacial score (nSPS) is 11.7. The van der Waals surface area contributed by atoms with E-state index >= 15 is 0 Å². The van der Waals surface area contributed by atoms with Gasteiger partial charge in [0.15, 0.2) is 5.60 Å². The zero-order chi connectivity index (χ0) is 25.3. The second-order valence-corrected chi connectivity index (χ2v) is 8.93. The lowest BCUT2D eigenvalue weighted by atomic mass is 9.81. The Morgan fingerprint density at radius 1 is 1.03 bits per heavy atom. The molecule has 2 aromatic carbocycles. The van der Waals surface area contributed by atoms with E-state index in [1.54, 1.807) is 33.9 Å². The third-order valence-electron chi connectivity index (χ3n) is 6.36. The Labute approximate surface area is 214 Å². The molecule has 5 rings (SSSR count). The molecule has 36 heavy (non-hydrogen) atoms. The van der Waals surface area contributed by atoms with Gasteiger partial charge >= 0.3 is 0 Å². The molecule has 0 aliphatic carbocycles. The van der Waals surface area contributed by atoms with Crippen LogP contribution in [0.4, 0.5) is 5.69 Å². The van der Waals surface area contributed by atoms with Crippen LogP contribution in [0.5, 0.6) is 0 Å². The summed E-state index contributed by atoms with van der Waals surface area (Å²) in [5, 5.41) is 24.4.